The van der Waals surface area contributed by atoms with E-state index < -0.39 is 6.36 Å². The van der Waals surface area contributed by atoms with Crippen LogP contribution in [0, 0.1) is 0 Å². The van der Waals surface area contributed by atoms with Crippen LogP contribution in [-0.4, -0.2) is 17.9 Å². The van der Waals surface area contributed by atoms with Crippen LogP contribution >= 0.6 is 11.8 Å². The zero-order chi connectivity index (χ0) is 40.2. The minimum absolute atomic E-state index is 0.205. The third-order valence-electron chi connectivity index (χ3n) is 10.0. The molecule has 0 saturated carbocycles. The summed E-state index contributed by atoms with van der Waals surface area (Å²) >= 11 is 1.49. The van der Waals surface area contributed by atoms with Crippen molar-refractivity contribution in [3.8, 4) is 51.0 Å². The summed E-state index contributed by atoms with van der Waals surface area (Å²) in [6, 6.07) is 43.4. The topological polar surface area (TPSA) is 65.7 Å². The average Bonchev–Trinajstić information content (AvgIpc) is 3.73. The van der Waals surface area contributed by atoms with E-state index in [1.165, 1.54) is 67.3 Å². The highest BCUT2D eigenvalue weighted by molar-refractivity contribution is 7.99. The third-order valence-corrected chi connectivity index (χ3v) is 11.1. The van der Waals surface area contributed by atoms with Gasteiger partial charge in [0.15, 0.2) is 11.6 Å². The summed E-state index contributed by atoms with van der Waals surface area (Å²) in [5.74, 6) is 1.19. The van der Waals surface area contributed by atoms with Gasteiger partial charge in [-0.05, 0) is 102 Å². The molecule has 8 rings (SSSR count). The molecule has 0 aliphatic heterocycles. The van der Waals surface area contributed by atoms with E-state index in [9.17, 15) is 22.8 Å². The summed E-state index contributed by atoms with van der Waals surface area (Å²) in [6.45, 7) is 2.21. The second kappa shape index (κ2) is 16.6. The molecule has 0 radical (unpaired) electrons. The Labute approximate surface area is 338 Å². The van der Waals surface area contributed by atoms with Crippen molar-refractivity contribution in [2.75, 3.05) is 0 Å². The lowest BCUT2D eigenvalue weighted by Gasteiger charge is -2.22. The van der Waals surface area contributed by atoms with Gasteiger partial charge >= 0.3 is 6.36 Å². The van der Waals surface area contributed by atoms with Gasteiger partial charge in [-0.1, -0.05) is 111 Å². The van der Waals surface area contributed by atoms with Crippen molar-refractivity contribution in [2.45, 2.75) is 55.2 Å². The molecular weight excluding hydrogens is 758 g/mol. The second-order valence-electron chi connectivity index (χ2n) is 14.0. The number of ketones is 2. The van der Waals surface area contributed by atoms with Crippen LogP contribution in [0.1, 0.15) is 70.0 Å². The third kappa shape index (κ3) is 8.50. The van der Waals surface area contributed by atoms with Crippen molar-refractivity contribution in [2.24, 2.45) is 0 Å². The monoisotopic (exact) mass is 794 g/mol. The maximum atomic E-state index is 14.1. The van der Waals surface area contributed by atoms with Gasteiger partial charge in [-0.25, -0.2) is 0 Å². The molecular formula is C49H37F3O5S. The average molecular weight is 795 g/mol. The predicted molar refractivity (Wildman–Crippen MR) is 220 cm³/mol. The molecule has 5 nitrogen and oxygen atoms in total. The molecule has 0 atom stereocenters. The van der Waals surface area contributed by atoms with E-state index >= 15 is 0 Å². The highest BCUT2D eigenvalue weighted by Gasteiger charge is 2.34. The maximum absolute atomic E-state index is 14.1. The van der Waals surface area contributed by atoms with Gasteiger partial charge in [0.05, 0.1) is 5.56 Å². The number of ether oxygens (including phenoxy) is 2. The van der Waals surface area contributed by atoms with Crippen LogP contribution in [0.25, 0.3) is 33.8 Å². The van der Waals surface area contributed by atoms with Crippen LogP contribution in [-0.2, 0) is 6.42 Å². The standard InChI is InChI=1S/C49H37F3O5S/c1-2-3-4-5-8-31-13-27-38(28-14-31)58-44-12-7-10-40-46(44)48(54)39-9-6-11-43(45(39)47(40)53)55-36-23-19-33(20-24-36)32-15-17-34(18-16-32)41-29-30-42(56-41)35-21-25-37(26-22-35)57-49(50,51)52/h6-7,9-30H,2-5,8H2,1H3. The number of unbranched alkanes of at least 4 members (excludes halogenated alkanes) is 3. The van der Waals surface area contributed by atoms with Crippen LogP contribution in [0.5, 0.6) is 17.2 Å². The van der Waals surface area contributed by atoms with Crippen molar-refractivity contribution in [1.82, 2.24) is 0 Å². The Balaban J connectivity index is 0.941. The van der Waals surface area contributed by atoms with Crippen LogP contribution < -0.4 is 9.47 Å². The van der Waals surface area contributed by atoms with Crippen molar-refractivity contribution >= 4 is 23.3 Å². The molecule has 9 heteroatoms. The highest BCUT2D eigenvalue weighted by atomic mass is 32.2. The maximum Gasteiger partial charge on any atom is 0.573 e. The van der Waals surface area contributed by atoms with Gasteiger partial charge in [0.25, 0.3) is 0 Å². The molecule has 7 aromatic rings. The lowest BCUT2D eigenvalue weighted by molar-refractivity contribution is -0.274. The summed E-state index contributed by atoms with van der Waals surface area (Å²) in [4.78, 5) is 29.9. The number of aryl methyl sites for hydroxylation is 1. The van der Waals surface area contributed by atoms with Crippen molar-refractivity contribution < 1.29 is 36.7 Å². The van der Waals surface area contributed by atoms with E-state index in [0.29, 0.717) is 45.3 Å². The first-order valence-corrected chi connectivity index (χ1v) is 19.9. The number of hydrogen-bond donors (Lipinski definition) is 0. The number of carbonyl (C=O) groups excluding carboxylic acids is 2. The Morgan fingerprint density at radius 1 is 0.569 bits per heavy atom. The van der Waals surface area contributed by atoms with Gasteiger partial charge in [0.2, 0.25) is 0 Å². The van der Waals surface area contributed by atoms with Crippen molar-refractivity contribution in [1.29, 1.82) is 0 Å². The number of rotatable bonds is 13. The predicted octanol–water partition coefficient (Wildman–Crippen LogP) is 14.0. The van der Waals surface area contributed by atoms with E-state index in [1.807, 2.05) is 66.7 Å². The molecule has 0 bridgehead atoms. The van der Waals surface area contributed by atoms with Gasteiger partial charge < -0.3 is 13.9 Å². The number of hydrogen-bond acceptors (Lipinski definition) is 6. The molecule has 58 heavy (non-hydrogen) atoms. The fourth-order valence-corrected chi connectivity index (χ4v) is 8.07. The SMILES string of the molecule is CCCCCCc1ccc(Sc2cccc3c2C(=O)c2cccc(Oc4ccc(-c5ccc(-c6ccc(-c7ccc(OC(F)(F)F)cc7)o6)cc5)cc4)c2C3=O)cc1. The zero-order valence-corrected chi connectivity index (χ0v) is 32.3. The first kappa shape index (κ1) is 38.5. The minimum atomic E-state index is -4.76. The Hall–Kier alpha value is -6.32. The molecule has 1 aliphatic rings. The van der Waals surface area contributed by atoms with Crippen LogP contribution in [0.4, 0.5) is 13.2 Å². The Morgan fingerprint density at radius 2 is 1.12 bits per heavy atom. The molecule has 0 saturated heterocycles. The molecule has 0 spiro atoms. The Morgan fingerprint density at radius 3 is 1.76 bits per heavy atom. The smallest absolute Gasteiger partial charge is 0.457 e. The molecule has 1 aliphatic carbocycles. The van der Waals surface area contributed by atoms with Gasteiger partial charge in [-0.3, -0.25) is 9.59 Å². The van der Waals surface area contributed by atoms with E-state index in [4.69, 9.17) is 9.15 Å². The van der Waals surface area contributed by atoms with Crippen LogP contribution in [0.3, 0.4) is 0 Å². The lowest BCUT2D eigenvalue weighted by Crippen LogP contribution is -2.22. The second-order valence-corrected chi connectivity index (χ2v) is 15.1. The molecule has 1 heterocycles. The molecule has 0 N–H and O–H groups in total. The van der Waals surface area contributed by atoms with E-state index in [0.717, 1.165) is 32.9 Å². The number of halogens is 3. The fourth-order valence-electron chi connectivity index (χ4n) is 7.09. The molecule has 0 unspecified atom stereocenters. The summed E-state index contributed by atoms with van der Waals surface area (Å²) in [5, 5.41) is 0. The van der Waals surface area contributed by atoms with E-state index in [2.05, 4.69) is 35.9 Å². The molecule has 0 amide bonds. The lowest BCUT2D eigenvalue weighted by atomic mass is 9.83. The number of furan rings is 1. The molecule has 6 aromatic carbocycles. The van der Waals surface area contributed by atoms with E-state index in [-0.39, 0.29) is 22.9 Å². The summed E-state index contributed by atoms with van der Waals surface area (Å²) in [6.07, 6.45) is 1.16. The van der Waals surface area contributed by atoms with Gasteiger partial charge in [-0.15, -0.1) is 13.2 Å². The number of carbonyl (C=O) groups is 2. The fraction of sp³-hybridized carbons (Fsp3) is 0.143. The van der Waals surface area contributed by atoms with Crippen LogP contribution in [0.15, 0.2) is 160 Å². The normalized spacial score (nSPS) is 12.3. The first-order chi connectivity index (χ1) is 28.1. The highest BCUT2D eigenvalue weighted by Crippen LogP contribution is 2.41. The van der Waals surface area contributed by atoms with Crippen molar-refractivity contribution in [3.05, 3.63) is 173 Å². The summed E-state index contributed by atoms with van der Waals surface area (Å²) in [7, 11) is 0. The van der Waals surface area contributed by atoms with Gasteiger partial charge in [-0.2, -0.15) is 0 Å². The number of fused-ring (bicyclic) bond motifs is 2. The summed E-state index contributed by atoms with van der Waals surface area (Å²) in [5.41, 5.74) is 5.98. The molecule has 1 aromatic heterocycles. The van der Waals surface area contributed by atoms with Gasteiger partial charge in [0.1, 0.15) is 28.8 Å². The molecule has 290 valence electrons. The van der Waals surface area contributed by atoms with E-state index in [1.54, 1.807) is 30.3 Å². The largest absolute Gasteiger partial charge is 0.573 e. The van der Waals surface area contributed by atoms with Gasteiger partial charge in [0, 0.05) is 37.6 Å². The van der Waals surface area contributed by atoms with Crippen molar-refractivity contribution in [3.63, 3.8) is 0 Å². The Bertz CT molecular complexity index is 2570. The quantitative estimate of drug-likeness (QED) is 0.108. The number of benzene rings is 6. The zero-order valence-electron chi connectivity index (χ0n) is 31.5. The molecule has 0 fully saturated rings. The number of alkyl halides is 3. The Kier molecular flexibility index (Phi) is 11.1. The summed E-state index contributed by atoms with van der Waals surface area (Å²) < 4.78 is 53.8. The van der Waals surface area contributed by atoms with Crippen LogP contribution in [0.2, 0.25) is 0 Å². The minimum Gasteiger partial charge on any atom is -0.457 e. The first-order valence-electron chi connectivity index (χ1n) is 19.1.